The van der Waals surface area contributed by atoms with Crippen molar-refractivity contribution in [2.45, 2.75) is 13.0 Å². The Kier molecular flexibility index (Phi) is 5.69. The Labute approximate surface area is 186 Å². The summed E-state index contributed by atoms with van der Waals surface area (Å²) >= 11 is 1.16. The number of hydrogen-bond donors (Lipinski definition) is 1. The lowest BCUT2D eigenvalue weighted by Crippen LogP contribution is -2.29. The van der Waals surface area contributed by atoms with E-state index in [2.05, 4.69) is 4.98 Å². The summed E-state index contributed by atoms with van der Waals surface area (Å²) in [6.07, 6.45) is 1.50. The largest absolute Gasteiger partial charge is 0.507 e. The number of aliphatic hydroxyl groups excluding tert-OH is 1. The van der Waals surface area contributed by atoms with E-state index < -0.39 is 22.7 Å². The first-order valence-corrected chi connectivity index (χ1v) is 10.5. The molecule has 9 nitrogen and oxygen atoms in total. The number of hydrogen-bond acceptors (Lipinski definition) is 8. The molecule has 162 valence electrons. The maximum absolute atomic E-state index is 13.0. The van der Waals surface area contributed by atoms with Crippen molar-refractivity contribution in [1.29, 1.82) is 0 Å². The maximum Gasteiger partial charge on any atom is 0.301 e. The number of ether oxygens (including phenoxy) is 1. The van der Waals surface area contributed by atoms with Crippen LogP contribution in [0.3, 0.4) is 0 Å². The predicted molar refractivity (Wildman–Crippen MR) is 118 cm³/mol. The second kappa shape index (κ2) is 8.60. The van der Waals surface area contributed by atoms with Crippen molar-refractivity contribution in [3.63, 3.8) is 0 Å². The molecule has 32 heavy (non-hydrogen) atoms. The highest BCUT2D eigenvalue weighted by Crippen LogP contribution is 2.43. The monoisotopic (exact) mass is 451 g/mol. The first-order chi connectivity index (χ1) is 15.4. The summed E-state index contributed by atoms with van der Waals surface area (Å²) < 4.78 is 5.47. The Hall–Kier alpha value is -4.05. The lowest BCUT2D eigenvalue weighted by atomic mass is 9.95. The summed E-state index contributed by atoms with van der Waals surface area (Å²) in [5.74, 6) is -1.58. The van der Waals surface area contributed by atoms with Crippen LogP contribution in [0.15, 0.2) is 65.7 Å². The van der Waals surface area contributed by atoms with Gasteiger partial charge in [0.25, 0.3) is 11.5 Å². The highest BCUT2D eigenvalue weighted by Gasteiger charge is 2.48. The van der Waals surface area contributed by atoms with Gasteiger partial charge in [-0.25, -0.2) is 4.98 Å². The molecule has 1 atom stereocenters. The van der Waals surface area contributed by atoms with E-state index in [0.717, 1.165) is 11.3 Å². The quantitative estimate of drug-likeness (QED) is 0.197. The predicted octanol–water partition coefficient (Wildman–Crippen LogP) is 4.08. The van der Waals surface area contributed by atoms with Gasteiger partial charge in [-0.3, -0.25) is 24.6 Å². The van der Waals surface area contributed by atoms with Gasteiger partial charge in [0, 0.05) is 29.3 Å². The highest BCUT2D eigenvalue weighted by atomic mass is 32.1. The van der Waals surface area contributed by atoms with E-state index in [1.807, 2.05) is 6.92 Å². The average molecular weight is 451 g/mol. The molecule has 0 aliphatic carbocycles. The van der Waals surface area contributed by atoms with Crippen molar-refractivity contribution in [2.75, 3.05) is 11.5 Å². The van der Waals surface area contributed by atoms with Crippen LogP contribution in [0.25, 0.3) is 5.76 Å². The van der Waals surface area contributed by atoms with Gasteiger partial charge >= 0.3 is 5.91 Å². The third-order valence-electron chi connectivity index (χ3n) is 4.91. The number of Topliss-reactive ketones (excluding diaryl/α,β-unsaturated/α-hetero) is 1. The minimum atomic E-state index is -1.00. The normalized spacial score (nSPS) is 17.5. The zero-order valence-corrected chi connectivity index (χ0v) is 17.6. The van der Waals surface area contributed by atoms with Gasteiger partial charge in [0.1, 0.15) is 11.5 Å². The molecule has 2 aromatic carbocycles. The lowest BCUT2D eigenvalue weighted by Gasteiger charge is -2.22. The van der Waals surface area contributed by atoms with Gasteiger partial charge in [0.05, 0.1) is 23.1 Å². The standard InChI is InChI=1S/C22H17N3O6S/c1-2-31-16-5-3-4-14(12-16)19(26)17-18(13-6-8-15(9-7-13)25(29)30)24(21(28)20(17)27)22-23-10-11-32-22/h3-12,18,26H,2H2,1H3. The molecule has 10 heteroatoms. The van der Waals surface area contributed by atoms with Crippen molar-refractivity contribution in [3.8, 4) is 5.75 Å². The molecule has 1 N–H and O–H groups in total. The zero-order chi connectivity index (χ0) is 22.8. The number of carbonyl (C=O) groups excluding carboxylic acids is 2. The van der Waals surface area contributed by atoms with Crippen LogP contribution in [0.4, 0.5) is 10.8 Å². The highest BCUT2D eigenvalue weighted by molar-refractivity contribution is 7.14. The number of nitro benzene ring substituents is 1. The number of benzene rings is 2. The van der Waals surface area contributed by atoms with Crippen molar-refractivity contribution >= 4 is 39.6 Å². The Morgan fingerprint density at radius 3 is 2.62 bits per heavy atom. The summed E-state index contributed by atoms with van der Waals surface area (Å²) in [5, 5.41) is 24.1. The van der Waals surface area contributed by atoms with Crippen molar-refractivity contribution < 1.29 is 24.4 Å². The number of anilines is 1. The molecule has 0 spiro atoms. The van der Waals surface area contributed by atoms with Gasteiger partial charge in [-0.15, -0.1) is 11.3 Å². The second-order valence-electron chi connectivity index (χ2n) is 6.79. The van der Waals surface area contributed by atoms with E-state index in [1.54, 1.807) is 29.6 Å². The molecule has 1 aliphatic rings. The number of amides is 1. The van der Waals surface area contributed by atoms with E-state index >= 15 is 0 Å². The molecule has 1 aromatic heterocycles. The third-order valence-corrected chi connectivity index (χ3v) is 5.68. The van der Waals surface area contributed by atoms with Gasteiger partial charge in [-0.1, -0.05) is 12.1 Å². The topological polar surface area (TPSA) is 123 Å². The van der Waals surface area contributed by atoms with Crippen molar-refractivity contribution in [2.24, 2.45) is 0 Å². The number of non-ortho nitro benzene ring substituents is 1. The number of rotatable bonds is 6. The van der Waals surface area contributed by atoms with Crippen LogP contribution in [0.1, 0.15) is 24.1 Å². The van der Waals surface area contributed by atoms with Crippen LogP contribution in [0, 0.1) is 10.1 Å². The zero-order valence-electron chi connectivity index (χ0n) is 16.8. The first-order valence-electron chi connectivity index (χ1n) is 9.60. The van der Waals surface area contributed by atoms with E-state index in [1.165, 1.54) is 35.4 Å². The number of aromatic nitrogens is 1. The molecular weight excluding hydrogens is 434 g/mol. The number of thiazole rings is 1. The number of carbonyl (C=O) groups is 2. The molecule has 1 aliphatic heterocycles. The Balaban J connectivity index is 1.89. The first kappa shape index (κ1) is 21.2. The smallest absolute Gasteiger partial charge is 0.301 e. The Morgan fingerprint density at radius 1 is 1.25 bits per heavy atom. The van der Waals surface area contributed by atoms with Crippen LogP contribution in [0.5, 0.6) is 5.75 Å². The van der Waals surface area contributed by atoms with Crippen LogP contribution in [-0.2, 0) is 9.59 Å². The fourth-order valence-electron chi connectivity index (χ4n) is 3.51. The number of ketones is 1. The average Bonchev–Trinajstić information content (AvgIpc) is 3.41. The summed E-state index contributed by atoms with van der Waals surface area (Å²) in [5.41, 5.74) is 0.463. The maximum atomic E-state index is 13.0. The van der Waals surface area contributed by atoms with Gasteiger partial charge < -0.3 is 9.84 Å². The van der Waals surface area contributed by atoms with E-state index in [0.29, 0.717) is 23.5 Å². The molecule has 0 bridgehead atoms. The fourth-order valence-corrected chi connectivity index (χ4v) is 4.18. The van der Waals surface area contributed by atoms with Crippen molar-refractivity contribution in [1.82, 2.24) is 4.98 Å². The fraction of sp³-hybridized carbons (Fsp3) is 0.136. The molecule has 0 saturated carbocycles. The van der Waals surface area contributed by atoms with E-state index in [9.17, 15) is 24.8 Å². The van der Waals surface area contributed by atoms with Crippen LogP contribution in [-0.4, -0.2) is 33.3 Å². The third kappa shape index (κ3) is 3.71. The Bertz CT molecular complexity index is 1220. The van der Waals surface area contributed by atoms with Gasteiger partial charge in [0.15, 0.2) is 5.13 Å². The van der Waals surface area contributed by atoms with E-state index in [-0.39, 0.29) is 22.2 Å². The number of nitro groups is 1. The number of nitrogens with zero attached hydrogens (tertiary/aromatic N) is 3. The van der Waals surface area contributed by atoms with Gasteiger partial charge in [0.2, 0.25) is 0 Å². The Morgan fingerprint density at radius 2 is 2.00 bits per heavy atom. The molecule has 1 amide bonds. The summed E-state index contributed by atoms with van der Waals surface area (Å²) in [7, 11) is 0. The molecule has 1 unspecified atom stereocenters. The van der Waals surface area contributed by atoms with E-state index in [4.69, 9.17) is 4.74 Å². The minimum Gasteiger partial charge on any atom is -0.507 e. The number of aliphatic hydroxyl groups is 1. The van der Waals surface area contributed by atoms with Crippen molar-refractivity contribution in [3.05, 3.63) is 86.9 Å². The van der Waals surface area contributed by atoms with Gasteiger partial charge in [-0.05, 0) is 36.8 Å². The molecule has 4 rings (SSSR count). The molecular formula is C22H17N3O6S. The molecule has 1 fully saturated rings. The SMILES string of the molecule is CCOc1cccc(C(O)=C2C(=O)C(=O)N(c3nccs3)C2c2ccc([N+](=O)[O-])cc2)c1. The molecule has 2 heterocycles. The second-order valence-corrected chi connectivity index (χ2v) is 7.67. The molecule has 0 radical (unpaired) electrons. The molecule has 1 saturated heterocycles. The minimum absolute atomic E-state index is 0.132. The summed E-state index contributed by atoms with van der Waals surface area (Å²) in [6, 6.07) is 11.0. The summed E-state index contributed by atoms with van der Waals surface area (Å²) in [6.45, 7) is 2.24. The summed E-state index contributed by atoms with van der Waals surface area (Å²) in [4.78, 5) is 41.8. The van der Waals surface area contributed by atoms with Crippen LogP contribution >= 0.6 is 11.3 Å². The molecule has 3 aromatic rings. The van der Waals surface area contributed by atoms with Gasteiger partial charge in [-0.2, -0.15) is 0 Å². The van der Waals surface area contributed by atoms with Crippen LogP contribution < -0.4 is 9.64 Å². The lowest BCUT2D eigenvalue weighted by molar-refractivity contribution is -0.384. The van der Waals surface area contributed by atoms with Crippen LogP contribution in [0.2, 0.25) is 0 Å².